The number of nitrogens with zero attached hydrogens (tertiary/aromatic N) is 2. The zero-order valence-electron chi connectivity index (χ0n) is 15.0. The third kappa shape index (κ3) is 3.81. The standard InChI is InChI=1S/C18H24N4O3S/c1-18(19)10-6-5-7-14(18)17(23)21-13-11-20-22(12-13)15-8-3-4-9-16(15)26(2,24)25/h3-4,8-9,11-12,14H,5-7,10,19H2,1-2H3,(H,21,23). The highest BCUT2D eigenvalue weighted by Gasteiger charge is 2.37. The number of benzene rings is 1. The van der Waals surface area contributed by atoms with Gasteiger partial charge in [-0.05, 0) is 31.9 Å². The molecule has 7 nitrogen and oxygen atoms in total. The van der Waals surface area contributed by atoms with E-state index in [9.17, 15) is 13.2 Å². The SMILES string of the molecule is CC1(N)CCCCC1C(=O)Nc1cnn(-c2ccccc2S(C)(=O)=O)c1. The van der Waals surface area contributed by atoms with Crippen LogP contribution in [0.4, 0.5) is 5.69 Å². The molecule has 1 heterocycles. The van der Waals surface area contributed by atoms with E-state index in [4.69, 9.17) is 5.73 Å². The molecule has 0 saturated heterocycles. The molecular weight excluding hydrogens is 352 g/mol. The summed E-state index contributed by atoms with van der Waals surface area (Å²) in [7, 11) is -3.39. The average molecular weight is 376 g/mol. The third-order valence-electron chi connectivity index (χ3n) is 4.93. The van der Waals surface area contributed by atoms with Gasteiger partial charge in [0.2, 0.25) is 5.91 Å². The Kier molecular flexibility index (Phi) is 4.90. The molecule has 2 unspecified atom stereocenters. The van der Waals surface area contributed by atoms with E-state index >= 15 is 0 Å². The lowest BCUT2D eigenvalue weighted by atomic mass is 9.74. The Hall–Kier alpha value is -2.19. The molecule has 26 heavy (non-hydrogen) atoms. The van der Waals surface area contributed by atoms with Gasteiger partial charge >= 0.3 is 0 Å². The van der Waals surface area contributed by atoms with E-state index in [1.54, 1.807) is 24.4 Å². The summed E-state index contributed by atoms with van der Waals surface area (Å²) in [5.74, 6) is -0.367. The van der Waals surface area contributed by atoms with Crippen LogP contribution in [0.2, 0.25) is 0 Å². The number of hydrogen-bond donors (Lipinski definition) is 2. The quantitative estimate of drug-likeness (QED) is 0.850. The lowest BCUT2D eigenvalue weighted by Crippen LogP contribution is -2.51. The fourth-order valence-corrected chi connectivity index (χ4v) is 4.36. The molecule has 3 N–H and O–H groups in total. The second-order valence-corrected chi connectivity index (χ2v) is 9.19. The Morgan fingerprint density at radius 1 is 1.35 bits per heavy atom. The Labute approximate surface area is 153 Å². The highest BCUT2D eigenvalue weighted by Crippen LogP contribution is 2.32. The van der Waals surface area contributed by atoms with Gasteiger partial charge in [0.15, 0.2) is 9.84 Å². The van der Waals surface area contributed by atoms with E-state index in [0.717, 1.165) is 31.9 Å². The minimum Gasteiger partial charge on any atom is -0.325 e. The van der Waals surface area contributed by atoms with Gasteiger partial charge < -0.3 is 11.1 Å². The highest BCUT2D eigenvalue weighted by atomic mass is 32.2. The molecule has 3 rings (SSSR count). The van der Waals surface area contributed by atoms with Crippen LogP contribution in [-0.2, 0) is 14.6 Å². The fourth-order valence-electron chi connectivity index (χ4n) is 3.50. The van der Waals surface area contributed by atoms with E-state index in [1.807, 2.05) is 6.92 Å². The predicted octanol–water partition coefficient (Wildman–Crippen LogP) is 2.12. The smallest absolute Gasteiger partial charge is 0.229 e. The van der Waals surface area contributed by atoms with E-state index in [1.165, 1.54) is 16.9 Å². The van der Waals surface area contributed by atoms with Crippen LogP contribution in [0.5, 0.6) is 0 Å². The van der Waals surface area contributed by atoms with Crippen LogP contribution in [0.25, 0.3) is 5.69 Å². The number of anilines is 1. The number of carbonyl (C=O) groups excluding carboxylic acids is 1. The van der Waals surface area contributed by atoms with Gasteiger partial charge in [0, 0.05) is 11.8 Å². The lowest BCUT2D eigenvalue weighted by Gasteiger charge is -2.37. The maximum atomic E-state index is 12.6. The Bertz CT molecular complexity index is 918. The molecule has 1 saturated carbocycles. The van der Waals surface area contributed by atoms with Crippen molar-refractivity contribution in [3.63, 3.8) is 0 Å². The Balaban J connectivity index is 1.82. The number of rotatable bonds is 4. The fraction of sp³-hybridized carbons (Fsp3) is 0.444. The summed E-state index contributed by atoms with van der Waals surface area (Å²) in [6.45, 7) is 1.92. The molecule has 0 bridgehead atoms. The summed E-state index contributed by atoms with van der Waals surface area (Å²) in [5, 5.41) is 7.07. The average Bonchev–Trinajstić information content (AvgIpc) is 3.02. The molecule has 1 amide bonds. The molecule has 1 fully saturated rings. The van der Waals surface area contributed by atoms with Crippen LogP contribution in [-0.4, -0.2) is 35.9 Å². The van der Waals surface area contributed by atoms with Crippen LogP contribution in [0.15, 0.2) is 41.6 Å². The number of para-hydroxylation sites is 1. The molecule has 1 aromatic heterocycles. The molecule has 8 heteroatoms. The minimum atomic E-state index is -3.39. The van der Waals surface area contributed by atoms with Crippen molar-refractivity contribution in [3.8, 4) is 5.69 Å². The first kappa shape index (κ1) is 18.6. The molecule has 0 radical (unpaired) electrons. The van der Waals surface area contributed by atoms with Gasteiger partial charge in [0.1, 0.15) is 0 Å². The van der Waals surface area contributed by atoms with Crippen LogP contribution < -0.4 is 11.1 Å². The van der Waals surface area contributed by atoms with Crippen molar-refractivity contribution in [1.82, 2.24) is 9.78 Å². The van der Waals surface area contributed by atoms with E-state index in [2.05, 4.69) is 10.4 Å². The molecule has 140 valence electrons. The zero-order chi connectivity index (χ0) is 18.9. The maximum absolute atomic E-state index is 12.6. The van der Waals surface area contributed by atoms with E-state index < -0.39 is 15.4 Å². The molecule has 1 aliphatic carbocycles. The number of hydrogen-bond acceptors (Lipinski definition) is 5. The predicted molar refractivity (Wildman–Crippen MR) is 99.9 cm³/mol. The van der Waals surface area contributed by atoms with Crippen molar-refractivity contribution in [3.05, 3.63) is 36.7 Å². The molecule has 0 aliphatic heterocycles. The van der Waals surface area contributed by atoms with Crippen LogP contribution in [0.3, 0.4) is 0 Å². The van der Waals surface area contributed by atoms with Gasteiger partial charge in [-0.2, -0.15) is 5.10 Å². The van der Waals surface area contributed by atoms with Gasteiger partial charge in [-0.1, -0.05) is 25.0 Å². The molecule has 2 aromatic rings. The van der Waals surface area contributed by atoms with Crippen molar-refractivity contribution in [2.24, 2.45) is 11.7 Å². The van der Waals surface area contributed by atoms with Gasteiger partial charge in [-0.25, -0.2) is 13.1 Å². The second kappa shape index (κ2) is 6.85. The third-order valence-corrected chi connectivity index (χ3v) is 6.08. The molecular formula is C18H24N4O3S. The lowest BCUT2D eigenvalue weighted by molar-refractivity contribution is -0.122. The summed E-state index contributed by atoms with van der Waals surface area (Å²) in [6, 6.07) is 6.61. The first-order valence-corrected chi connectivity index (χ1v) is 10.5. The number of carbonyl (C=O) groups is 1. The number of nitrogens with one attached hydrogen (secondary N) is 1. The first-order valence-electron chi connectivity index (χ1n) is 8.62. The van der Waals surface area contributed by atoms with Crippen molar-refractivity contribution >= 4 is 21.4 Å². The second-order valence-electron chi connectivity index (χ2n) is 7.21. The van der Waals surface area contributed by atoms with Gasteiger partial charge in [-0.15, -0.1) is 0 Å². The van der Waals surface area contributed by atoms with Crippen LogP contribution in [0.1, 0.15) is 32.6 Å². The molecule has 2 atom stereocenters. The van der Waals surface area contributed by atoms with Gasteiger partial charge in [-0.3, -0.25) is 4.79 Å². The summed E-state index contributed by atoms with van der Waals surface area (Å²) >= 11 is 0. The Morgan fingerprint density at radius 3 is 2.77 bits per heavy atom. The summed E-state index contributed by atoms with van der Waals surface area (Å²) in [4.78, 5) is 12.8. The largest absolute Gasteiger partial charge is 0.325 e. The molecule has 1 aliphatic rings. The van der Waals surface area contributed by atoms with E-state index in [-0.39, 0.29) is 16.7 Å². The number of amides is 1. The van der Waals surface area contributed by atoms with Gasteiger partial charge in [0.25, 0.3) is 0 Å². The number of aromatic nitrogens is 2. The van der Waals surface area contributed by atoms with E-state index in [0.29, 0.717) is 11.4 Å². The van der Waals surface area contributed by atoms with Gasteiger partial charge in [0.05, 0.1) is 34.6 Å². The van der Waals surface area contributed by atoms with Crippen LogP contribution >= 0.6 is 0 Å². The zero-order valence-corrected chi connectivity index (χ0v) is 15.8. The molecule has 1 aromatic carbocycles. The normalized spacial score (nSPS) is 23.6. The first-order chi connectivity index (χ1) is 12.2. The Morgan fingerprint density at radius 2 is 2.08 bits per heavy atom. The van der Waals surface area contributed by atoms with Crippen LogP contribution in [0, 0.1) is 5.92 Å². The summed E-state index contributed by atoms with van der Waals surface area (Å²) in [5.41, 5.74) is 6.73. The summed E-state index contributed by atoms with van der Waals surface area (Å²) in [6.07, 6.45) is 7.90. The van der Waals surface area contributed by atoms with Crippen molar-refractivity contribution in [2.45, 2.75) is 43.0 Å². The van der Waals surface area contributed by atoms with Crippen molar-refractivity contribution < 1.29 is 13.2 Å². The number of nitrogens with two attached hydrogens (primary N) is 1. The number of sulfone groups is 1. The minimum absolute atomic E-state index is 0.120. The maximum Gasteiger partial charge on any atom is 0.229 e. The highest BCUT2D eigenvalue weighted by molar-refractivity contribution is 7.90. The topological polar surface area (TPSA) is 107 Å². The monoisotopic (exact) mass is 376 g/mol. The van der Waals surface area contributed by atoms with Crippen molar-refractivity contribution in [1.29, 1.82) is 0 Å². The van der Waals surface area contributed by atoms with Crippen molar-refractivity contribution in [2.75, 3.05) is 11.6 Å². The molecule has 0 spiro atoms. The summed E-state index contributed by atoms with van der Waals surface area (Å²) < 4.78 is 25.4.